The van der Waals surface area contributed by atoms with Gasteiger partial charge < -0.3 is 19.5 Å². The third-order valence-electron chi connectivity index (χ3n) is 4.16. The van der Waals surface area contributed by atoms with Crippen molar-refractivity contribution >= 4 is 5.91 Å². The Morgan fingerprint density at radius 2 is 2.33 bits per heavy atom. The number of H-pyrrole nitrogens is 1. The fourth-order valence-electron chi connectivity index (χ4n) is 2.78. The van der Waals surface area contributed by atoms with Gasteiger partial charge in [-0.15, -0.1) is 0 Å². The van der Waals surface area contributed by atoms with Crippen molar-refractivity contribution in [3.05, 3.63) is 17.7 Å². The van der Waals surface area contributed by atoms with Crippen molar-refractivity contribution in [2.45, 2.75) is 25.9 Å². The number of morpholine rings is 1. The fourth-order valence-corrected chi connectivity index (χ4v) is 2.78. The molecule has 0 radical (unpaired) electrons. The highest BCUT2D eigenvalue weighted by Crippen LogP contribution is 2.30. The van der Waals surface area contributed by atoms with Crippen molar-refractivity contribution in [3.63, 3.8) is 0 Å². The van der Waals surface area contributed by atoms with Gasteiger partial charge in [-0.05, 0) is 32.7 Å². The van der Waals surface area contributed by atoms with Gasteiger partial charge in [0.1, 0.15) is 11.5 Å². The van der Waals surface area contributed by atoms with E-state index in [1.165, 1.54) is 12.8 Å². The van der Waals surface area contributed by atoms with E-state index in [9.17, 15) is 4.79 Å². The third-order valence-corrected chi connectivity index (χ3v) is 4.16. The number of aromatic amines is 1. The zero-order valence-corrected chi connectivity index (χ0v) is 12.8. The summed E-state index contributed by atoms with van der Waals surface area (Å²) in [6.07, 6.45) is 4.20. The number of imidazole rings is 1. The first-order valence-electron chi connectivity index (χ1n) is 7.73. The molecule has 2 heterocycles. The molecule has 1 amide bonds. The number of likely N-dealkylation sites (N-methyl/N-ethyl adjacent to an activating group) is 1. The molecule has 1 unspecified atom stereocenters. The minimum Gasteiger partial charge on any atom is -0.374 e. The predicted octanol–water partition coefficient (Wildman–Crippen LogP) is 0.901. The van der Waals surface area contributed by atoms with Crippen molar-refractivity contribution in [2.75, 3.05) is 39.8 Å². The molecule has 1 saturated carbocycles. The SMILES string of the molecule is Cc1ncc(C(=O)N(CC2CC2)CC2CN(C)CCO2)[nH]1. The summed E-state index contributed by atoms with van der Waals surface area (Å²) < 4.78 is 5.81. The first-order chi connectivity index (χ1) is 10.1. The summed E-state index contributed by atoms with van der Waals surface area (Å²) in [6.45, 7) is 5.96. The number of aryl methyl sites for hydroxylation is 1. The fraction of sp³-hybridized carbons (Fsp3) is 0.733. The van der Waals surface area contributed by atoms with Crippen LogP contribution in [-0.2, 0) is 4.74 Å². The van der Waals surface area contributed by atoms with Crippen LogP contribution in [0, 0.1) is 12.8 Å². The van der Waals surface area contributed by atoms with Crippen molar-refractivity contribution in [1.29, 1.82) is 0 Å². The van der Waals surface area contributed by atoms with Crippen LogP contribution in [0.5, 0.6) is 0 Å². The Bertz CT molecular complexity index is 498. The number of nitrogens with zero attached hydrogens (tertiary/aromatic N) is 3. The first kappa shape index (κ1) is 14.5. The molecule has 6 heteroatoms. The van der Waals surface area contributed by atoms with E-state index < -0.39 is 0 Å². The van der Waals surface area contributed by atoms with E-state index >= 15 is 0 Å². The lowest BCUT2D eigenvalue weighted by atomic mass is 10.2. The third kappa shape index (κ3) is 3.83. The highest BCUT2D eigenvalue weighted by molar-refractivity contribution is 5.92. The summed E-state index contributed by atoms with van der Waals surface area (Å²) in [5, 5.41) is 0. The molecule has 1 atom stereocenters. The summed E-state index contributed by atoms with van der Waals surface area (Å²) in [6, 6.07) is 0. The number of aromatic nitrogens is 2. The van der Waals surface area contributed by atoms with Gasteiger partial charge in [0, 0.05) is 26.2 Å². The summed E-state index contributed by atoms with van der Waals surface area (Å²) in [5.74, 6) is 1.48. The number of carbonyl (C=O) groups excluding carboxylic acids is 1. The number of rotatable bonds is 5. The number of hydrogen-bond donors (Lipinski definition) is 1. The van der Waals surface area contributed by atoms with Gasteiger partial charge in [0.15, 0.2) is 0 Å². The Kier molecular flexibility index (Phi) is 4.26. The lowest BCUT2D eigenvalue weighted by molar-refractivity contribution is -0.0332. The van der Waals surface area contributed by atoms with Crippen LogP contribution >= 0.6 is 0 Å². The molecule has 0 bridgehead atoms. The highest BCUT2D eigenvalue weighted by Gasteiger charge is 2.30. The standard InChI is InChI=1S/C15H24N4O2/c1-11-16-7-14(17-11)15(20)19(8-12-3-4-12)10-13-9-18(2)5-6-21-13/h7,12-13H,3-6,8-10H2,1-2H3,(H,16,17). The van der Waals surface area contributed by atoms with Gasteiger partial charge in [-0.1, -0.05) is 0 Å². The summed E-state index contributed by atoms with van der Waals surface area (Å²) >= 11 is 0. The monoisotopic (exact) mass is 292 g/mol. The van der Waals surface area contributed by atoms with Gasteiger partial charge in [0.25, 0.3) is 5.91 Å². The summed E-state index contributed by atoms with van der Waals surface area (Å²) in [7, 11) is 2.10. The van der Waals surface area contributed by atoms with Crippen LogP contribution < -0.4 is 0 Å². The smallest absolute Gasteiger partial charge is 0.272 e. The van der Waals surface area contributed by atoms with Crippen molar-refractivity contribution in [1.82, 2.24) is 19.8 Å². The Balaban J connectivity index is 1.66. The van der Waals surface area contributed by atoms with E-state index in [2.05, 4.69) is 21.9 Å². The maximum Gasteiger partial charge on any atom is 0.272 e. The van der Waals surface area contributed by atoms with Gasteiger partial charge in [-0.3, -0.25) is 4.79 Å². The Morgan fingerprint density at radius 1 is 1.52 bits per heavy atom. The van der Waals surface area contributed by atoms with Crippen molar-refractivity contribution in [3.8, 4) is 0 Å². The maximum atomic E-state index is 12.7. The molecule has 0 aromatic carbocycles. The molecule has 1 aliphatic heterocycles. The van der Waals surface area contributed by atoms with Crippen LogP contribution in [0.25, 0.3) is 0 Å². The number of hydrogen-bond acceptors (Lipinski definition) is 4. The quantitative estimate of drug-likeness (QED) is 0.876. The highest BCUT2D eigenvalue weighted by atomic mass is 16.5. The average molecular weight is 292 g/mol. The molecule has 116 valence electrons. The topological polar surface area (TPSA) is 61.5 Å². The molecule has 2 fully saturated rings. The van der Waals surface area contributed by atoms with Gasteiger partial charge in [-0.25, -0.2) is 4.98 Å². The minimum absolute atomic E-state index is 0.0410. The second-order valence-electron chi connectivity index (χ2n) is 6.29. The Labute approximate surface area is 125 Å². The van der Waals surface area contributed by atoms with Gasteiger partial charge in [0.05, 0.1) is 18.9 Å². The zero-order valence-electron chi connectivity index (χ0n) is 12.8. The minimum atomic E-state index is 0.0410. The maximum absolute atomic E-state index is 12.7. The number of ether oxygens (including phenoxy) is 1. The van der Waals surface area contributed by atoms with Crippen LogP contribution in [0.2, 0.25) is 0 Å². The van der Waals surface area contributed by atoms with E-state index in [0.29, 0.717) is 18.2 Å². The van der Waals surface area contributed by atoms with Gasteiger partial charge in [-0.2, -0.15) is 0 Å². The molecule has 1 aromatic heterocycles. The Hall–Kier alpha value is -1.40. The first-order valence-corrected chi connectivity index (χ1v) is 7.73. The lowest BCUT2D eigenvalue weighted by Crippen LogP contribution is -2.48. The average Bonchev–Trinajstić information content (AvgIpc) is 3.16. The van der Waals surface area contributed by atoms with Crippen LogP contribution in [-0.4, -0.2) is 71.6 Å². The second kappa shape index (κ2) is 6.15. The molecule has 2 aliphatic rings. The molecular formula is C15H24N4O2. The van der Waals surface area contributed by atoms with Crippen molar-refractivity contribution < 1.29 is 9.53 Å². The normalized spacial score (nSPS) is 23.2. The van der Waals surface area contributed by atoms with Crippen LogP contribution in [0.1, 0.15) is 29.2 Å². The van der Waals surface area contributed by atoms with Crippen LogP contribution in [0.15, 0.2) is 6.20 Å². The molecule has 1 aliphatic carbocycles. The van der Waals surface area contributed by atoms with E-state index in [1.54, 1.807) is 6.20 Å². The lowest BCUT2D eigenvalue weighted by Gasteiger charge is -2.33. The van der Waals surface area contributed by atoms with Gasteiger partial charge in [0.2, 0.25) is 0 Å². The molecule has 1 aromatic rings. The number of nitrogens with one attached hydrogen (secondary N) is 1. The van der Waals surface area contributed by atoms with Crippen molar-refractivity contribution in [2.24, 2.45) is 5.92 Å². The van der Waals surface area contributed by atoms with E-state index in [0.717, 1.165) is 32.1 Å². The molecule has 0 spiro atoms. The van der Waals surface area contributed by atoms with Crippen LogP contribution in [0.3, 0.4) is 0 Å². The summed E-state index contributed by atoms with van der Waals surface area (Å²) in [4.78, 5) is 24.0. The Morgan fingerprint density at radius 3 is 2.95 bits per heavy atom. The molecule has 1 N–H and O–H groups in total. The second-order valence-corrected chi connectivity index (χ2v) is 6.29. The zero-order chi connectivity index (χ0) is 14.8. The molecule has 21 heavy (non-hydrogen) atoms. The van der Waals surface area contributed by atoms with Crippen LogP contribution in [0.4, 0.5) is 0 Å². The van der Waals surface area contributed by atoms with E-state index in [-0.39, 0.29) is 12.0 Å². The van der Waals surface area contributed by atoms with E-state index in [1.807, 2.05) is 11.8 Å². The molecule has 1 saturated heterocycles. The number of carbonyl (C=O) groups is 1. The van der Waals surface area contributed by atoms with Gasteiger partial charge >= 0.3 is 0 Å². The predicted molar refractivity (Wildman–Crippen MR) is 79.2 cm³/mol. The summed E-state index contributed by atoms with van der Waals surface area (Å²) in [5.41, 5.74) is 0.581. The van der Waals surface area contributed by atoms with E-state index in [4.69, 9.17) is 4.74 Å². The molecule has 6 nitrogen and oxygen atoms in total. The molecule has 3 rings (SSSR count). The molecular weight excluding hydrogens is 268 g/mol. The number of amides is 1. The largest absolute Gasteiger partial charge is 0.374 e.